The molecule has 0 aliphatic rings. The second kappa shape index (κ2) is 11.2. The number of aliphatic hydroxyl groups excluding tert-OH is 1. The second-order valence-corrected chi connectivity index (χ2v) is 8.38. The van der Waals surface area contributed by atoms with Gasteiger partial charge in [0, 0.05) is 25.2 Å². The zero-order chi connectivity index (χ0) is 25.7. The minimum absolute atomic E-state index is 0.0716. The van der Waals surface area contributed by atoms with E-state index in [0.717, 1.165) is 0 Å². The van der Waals surface area contributed by atoms with Crippen LogP contribution in [0.25, 0.3) is 16.9 Å². The highest BCUT2D eigenvalue weighted by Gasteiger charge is 2.20. The summed E-state index contributed by atoms with van der Waals surface area (Å²) in [6, 6.07) is 18.9. The molecule has 0 bridgehead atoms. The monoisotopic (exact) mass is 524 g/mol. The first-order chi connectivity index (χ1) is 17.4. The molecule has 0 radical (unpaired) electrons. The highest BCUT2D eigenvalue weighted by Crippen LogP contribution is 2.31. The molecular formula is C25H22Cl2N6O3. The summed E-state index contributed by atoms with van der Waals surface area (Å²) >= 11 is 12.7. The molecule has 0 unspecified atom stereocenters. The Balaban J connectivity index is 1.69. The molecule has 9 nitrogen and oxygen atoms in total. The normalized spacial score (nSPS) is 10.7. The molecule has 11 heteroatoms. The first kappa shape index (κ1) is 25.2. The van der Waals surface area contributed by atoms with Crippen molar-refractivity contribution in [3.8, 4) is 16.9 Å². The second-order valence-electron chi connectivity index (χ2n) is 7.57. The Morgan fingerprint density at radius 2 is 1.72 bits per heavy atom. The van der Waals surface area contributed by atoms with Gasteiger partial charge in [0.2, 0.25) is 0 Å². The number of halogens is 2. The van der Waals surface area contributed by atoms with Gasteiger partial charge in [0.15, 0.2) is 5.69 Å². The maximum absolute atomic E-state index is 13.3. The van der Waals surface area contributed by atoms with Crippen molar-refractivity contribution in [1.82, 2.24) is 20.1 Å². The fourth-order valence-corrected chi connectivity index (χ4v) is 3.84. The highest BCUT2D eigenvalue weighted by molar-refractivity contribution is 6.35. The number of para-hydroxylation sites is 1. The number of anilines is 2. The van der Waals surface area contributed by atoms with Crippen LogP contribution in [-0.4, -0.2) is 51.9 Å². The number of pyridine rings is 1. The van der Waals surface area contributed by atoms with E-state index in [2.05, 4.69) is 26.0 Å². The summed E-state index contributed by atoms with van der Waals surface area (Å²) in [5, 5.41) is 22.3. The summed E-state index contributed by atoms with van der Waals surface area (Å²) in [5.74, 6) is -0.120. The largest absolute Gasteiger partial charge is 0.395 e. The molecule has 0 aliphatic heterocycles. The molecule has 2 heterocycles. The van der Waals surface area contributed by atoms with Gasteiger partial charge < -0.3 is 21.1 Å². The van der Waals surface area contributed by atoms with Crippen LogP contribution >= 0.6 is 23.2 Å². The summed E-state index contributed by atoms with van der Waals surface area (Å²) in [6.45, 7) is -0.133. The van der Waals surface area contributed by atoms with Gasteiger partial charge in [0.25, 0.3) is 11.8 Å². The van der Waals surface area contributed by atoms with Crippen LogP contribution in [0.3, 0.4) is 0 Å². The van der Waals surface area contributed by atoms with Crippen LogP contribution in [0.2, 0.25) is 10.0 Å². The Morgan fingerprint density at radius 3 is 2.44 bits per heavy atom. The van der Waals surface area contributed by atoms with E-state index < -0.39 is 11.8 Å². The number of carbonyl (C=O) groups excluding carboxylic acids is 2. The number of aliphatic hydroxyl groups is 1. The molecule has 0 spiro atoms. The number of rotatable bonds is 8. The number of nitrogens with one attached hydrogen (secondary N) is 3. The number of amides is 2. The summed E-state index contributed by atoms with van der Waals surface area (Å²) < 4.78 is 1.44. The molecule has 2 aromatic carbocycles. The molecule has 2 aromatic heterocycles. The lowest BCUT2D eigenvalue weighted by Gasteiger charge is -2.12. The van der Waals surface area contributed by atoms with Crippen LogP contribution in [0.1, 0.15) is 20.8 Å². The van der Waals surface area contributed by atoms with Gasteiger partial charge in [-0.1, -0.05) is 47.5 Å². The third-order valence-corrected chi connectivity index (χ3v) is 5.80. The fraction of sp³-hybridized carbons (Fsp3) is 0.120. The number of benzene rings is 2. The summed E-state index contributed by atoms with van der Waals surface area (Å²) in [5.41, 5.74) is 1.99. The van der Waals surface area contributed by atoms with Gasteiger partial charge in [0.05, 0.1) is 33.6 Å². The molecule has 0 fully saturated rings. The number of hydrogen-bond donors (Lipinski definition) is 4. The van der Waals surface area contributed by atoms with Crippen molar-refractivity contribution in [3.63, 3.8) is 0 Å². The number of nitrogens with zero attached hydrogens (tertiary/aromatic N) is 3. The molecule has 2 amide bonds. The van der Waals surface area contributed by atoms with Crippen molar-refractivity contribution >= 4 is 46.7 Å². The SMILES string of the molecule is CNc1ccc(Cl)c(-c2ccc(Cl)c(C(=O)Nc3cc(C(=O)NCCO)nn3-c3ccccc3)c2)n1. The maximum Gasteiger partial charge on any atom is 0.271 e. The maximum atomic E-state index is 13.3. The van der Waals surface area contributed by atoms with Crippen LogP contribution < -0.4 is 16.0 Å². The molecule has 184 valence electrons. The Kier molecular flexibility index (Phi) is 7.84. The quantitative estimate of drug-likeness (QED) is 0.273. The van der Waals surface area contributed by atoms with Crippen molar-refractivity contribution in [2.45, 2.75) is 0 Å². The number of aromatic nitrogens is 3. The number of hydrogen-bond acceptors (Lipinski definition) is 6. The van der Waals surface area contributed by atoms with Gasteiger partial charge in [0.1, 0.15) is 11.6 Å². The van der Waals surface area contributed by atoms with Crippen molar-refractivity contribution in [3.05, 3.63) is 88.0 Å². The van der Waals surface area contributed by atoms with E-state index in [0.29, 0.717) is 27.8 Å². The van der Waals surface area contributed by atoms with Crippen molar-refractivity contribution in [2.24, 2.45) is 0 Å². The van der Waals surface area contributed by atoms with E-state index in [1.165, 1.54) is 10.7 Å². The zero-order valence-electron chi connectivity index (χ0n) is 19.1. The van der Waals surface area contributed by atoms with Crippen LogP contribution in [0.15, 0.2) is 66.7 Å². The van der Waals surface area contributed by atoms with Gasteiger partial charge in [-0.25, -0.2) is 9.67 Å². The lowest BCUT2D eigenvalue weighted by atomic mass is 10.1. The Labute approximate surface area is 217 Å². The molecule has 4 N–H and O–H groups in total. The molecule has 0 atom stereocenters. The van der Waals surface area contributed by atoms with Gasteiger partial charge in [-0.3, -0.25) is 9.59 Å². The van der Waals surface area contributed by atoms with Gasteiger partial charge in [-0.05, 0) is 36.4 Å². The third kappa shape index (κ3) is 5.49. The van der Waals surface area contributed by atoms with E-state index in [9.17, 15) is 9.59 Å². The van der Waals surface area contributed by atoms with Crippen LogP contribution in [0.4, 0.5) is 11.6 Å². The van der Waals surface area contributed by atoms with E-state index in [-0.39, 0.29) is 35.2 Å². The summed E-state index contributed by atoms with van der Waals surface area (Å²) in [7, 11) is 1.75. The summed E-state index contributed by atoms with van der Waals surface area (Å²) in [6.07, 6.45) is 0. The first-order valence-electron chi connectivity index (χ1n) is 10.9. The Hall–Kier alpha value is -3.92. The average Bonchev–Trinajstić information content (AvgIpc) is 3.32. The molecule has 36 heavy (non-hydrogen) atoms. The van der Waals surface area contributed by atoms with E-state index in [1.807, 2.05) is 18.2 Å². The number of carbonyl (C=O) groups is 2. The summed E-state index contributed by atoms with van der Waals surface area (Å²) in [4.78, 5) is 30.2. The van der Waals surface area contributed by atoms with E-state index >= 15 is 0 Å². The zero-order valence-corrected chi connectivity index (χ0v) is 20.6. The van der Waals surface area contributed by atoms with Crippen molar-refractivity contribution in [2.75, 3.05) is 30.8 Å². The van der Waals surface area contributed by atoms with Gasteiger partial charge in [-0.2, -0.15) is 5.10 Å². The van der Waals surface area contributed by atoms with Gasteiger partial charge >= 0.3 is 0 Å². The smallest absolute Gasteiger partial charge is 0.271 e. The molecule has 0 aliphatic carbocycles. The van der Waals surface area contributed by atoms with Gasteiger partial charge in [-0.15, -0.1) is 0 Å². The predicted octanol–water partition coefficient (Wildman–Crippen LogP) is 4.26. The lowest BCUT2D eigenvalue weighted by Crippen LogP contribution is -2.26. The Bertz CT molecular complexity index is 1410. The van der Waals surface area contributed by atoms with E-state index in [4.69, 9.17) is 28.3 Å². The fourth-order valence-electron chi connectivity index (χ4n) is 3.42. The third-order valence-electron chi connectivity index (χ3n) is 5.17. The minimum atomic E-state index is -0.512. The average molecular weight is 525 g/mol. The van der Waals surface area contributed by atoms with Crippen LogP contribution in [0, 0.1) is 0 Å². The topological polar surface area (TPSA) is 121 Å². The van der Waals surface area contributed by atoms with E-state index in [1.54, 1.807) is 49.5 Å². The molecular weight excluding hydrogens is 503 g/mol. The van der Waals surface area contributed by atoms with Crippen molar-refractivity contribution in [1.29, 1.82) is 0 Å². The molecule has 4 aromatic rings. The highest BCUT2D eigenvalue weighted by atomic mass is 35.5. The van der Waals surface area contributed by atoms with Crippen LogP contribution in [-0.2, 0) is 0 Å². The molecule has 0 saturated heterocycles. The standard InChI is InChI=1S/C25H22Cl2N6O3/c1-28-21-10-9-19(27)23(30-21)15-7-8-18(26)17(13-15)24(35)31-22-14-20(25(36)29-11-12-34)32-33(22)16-5-3-2-4-6-16/h2-10,13-14,34H,11-12H2,1H3,(H,28,30)(H,29,36)(H,31,35). The minimum Gasteiger partial charge on any atom is -0.395 e. The first-order valence-corrected chi connectivity index (χ1v) is 11.7. The van der Waals surface area contributed by atoms with Crippen molar-refractivity contribution < 1.29 is 14.7 Å². The Morgan fingerprint density at radius 1 is 0.972 bits per heavy atom. The molecule has 4 rings (SSSR count). The molecule has 0 saturated carbocycles. The lowest BCUT2D eigenvalue weighted by molar-refractivity contribution is 0.0938. The predicted molar refractivity (Wildman–Crippen MR) is 140 cm³/mol. The van der Waals surface area contributed by atoms with Crippen LogP contribution in [0.5, 0.6) is 0 Å².